The fourth-order valence-electron chi connectivity index (χ4n) is 2.25. The topological polar surface area (TPSA) is 55.1 Å². The number of nitrogens with two attached hydrogens (primary N) is 1. The van der Waals surface area contributed by atoms with Gasteiger partial charge in [0.1, 0.15) is 5.82 Å². The van der Waals surface area contributed by atoms with E-state index in [4.69, 9.17) is 5.73 Å². The minimum Gasteiger partial charge on any atom is -0.350 e. The number of hydrogen-bond acceptors (Lipinski definition) is 2. The Labute approximate surface area is 156 Å². The Kier molecular flexibility index (Phi) is 7.87. The van der Waals surface area contributed by atoms with Crippen LogP contribution < -0.4 is 11.1 Å². The Morgan fingerprint density at radius 2 is 1.75 bits per heavy atom. The zero-order chi connectivity index (χ0) is 17.0. The third-order valence-electron chi connectivity index (χ3n) is 3.70. The maximum atomic E-state index is 13.7. The van der Waals surface area contributed by atoms with Crippen molar-refractivity contribution in [3.05, 3.63) is 69.4 Å². The highest BCUT2D eigenvalue weighted by atomic mass is 79.9. The molecule has 0 spiro atoms. The largest absolute Gasteiger partial charge is 0.350 e. The molecule has 0 saturated carbocycles. The molecule has 0 bridgehead atoms. The first kappa shape index (κ1) is 20.6. The van der Waals surface area contributed by atoms with Crippen LogP contribution in [0.1, 0.15) is 47.3 Å². The molecule has 0 saturated heterocycles. The summed E-state index contributed by atoms with van der Waals surface area (Å²) in [6.45, 7) is 4.49. The fraction of sp³-hybridized carbons (Fsp3) is 0.278. The van der Waals surface area contributed by atoms with Crippen molar-refractivity contribution < 1.29 is 9.18 Å². The maximum Gasteiger partial charge on any atom is 0.255 e. The van der Waals surface area contributed by atoms with E-state index in [2.05, 4.69) is 35.1 Å². The van der Waals surface area contributed by atoms with Gasteiger partial charge in [-0.05, 0) is 45.1 Å². The predicted octanol–water partition coefficient (Wildman–Crippen LogP) is 4.56. The molecule has 1 unspecified atom stereocenters. The lowest BCUT2D eigenvalue weighted by molar-refractivity contribution is 0.0946. The van der Waals surface area contributed by atoms with Crippen molar-refractivity contribution in [2.45, 2.75) is 25.8 Å². The molecule has 0 heterocycles. The van der Waals surface area contributed by atoms with E-state index in [1.807, 2.05) is 24.3 Å². The number of rotatable bonds is 5. The summed E-state index contributed by atoms with van der Waals surface area (Å²) in [5.74, 6) is -0.589. The quantitative estimate of drug-likeness (QED) is 0.752. The van der Waals surface area contributed by atoms with Crippen LogP contribution in [-0.2, 0) is 0 Å². The normalized spacial score (nSPS) is 11.8. The molecule has 0 aromatic heterocycles. The average Bonchev–Trinajstić information content (AvgIpc) is 2.52. The van der Waals surface area contributed by atoms with Gasteiger partial charge in [-0.1, -0.05) is 44.2 Å². The van der Waals surface area contributed by atoms with Crippen molar-refractivity contribution >= 4 is 34.2 Å². The van der Waals surface area contributed by atoms with Gasteiger partial charge >= 0.3 is 0 Å². The summed E-state index contributed by atoms with van der Waals surface area (Å²) in [6, 6.07) is 12.1. The van der Waals surface area contributed by atoms with E-state index >= 15 is 0 Å². The van der Waals surface area contributed by atoms with Crippen molar-refractivity contribution in [1.82, 2.24) is 5.32 Å². The van der Waals surface area contributed by atoms with E-state index in [0.29, 0.717) is 10.4 Å². The van der Waals surface area contributed by atoms with Crippen molar-refractivity contribution in [3.63, 3.8) is 0 Å². The number of benzene rings is 2. The molecule has 0 aliphatic carbocycles. The molecule has 130 valence electrons. The molecule has 1 atom stereocenters. The number of nitrogens with one attached hydrogen (secondary N) is 1. The van der Waals surface area contributed by atoms with Gasteiger partial charge in [0, 0.05) is 17.1 Å². The number of hydrogen-bond donors (Lipinski definition) is 2. The molecular formula is C18H21BrClFN2O. The monoisotopic (exact) mass is 414 g/mol. The van der Waals surface area contributed by atoms with Crippen LogP contribution in [0.25, 0.3) is 0 Å². The summed E-state index contributed by atoms with van der Waals surface area (Å²) >= 11 is 3.19. The number of carbonyl (C=O) groups excluding carboxylic acids is 1. The second-order valence-electron chi connectivity index (χ2n) is 5.73. The molecule has 24 heavy (non-hydrogen) atoms. The second kappa shape index (κ2) is 9.16. The SMILES string of the molecule is CC(C)c1ccc(C(N)CNC(=O)c2c(F)cccc2Br)cc1.Cl. The lowest BCUT2D eigenvalue weighted by Crippen LogP contribution is -2.32. The number of carbonyl (C=O) groups is 1. The third-order valence-corrected chi connectivity index (χ3v) is 4.36. The van der Waals surface area contributed by atoms with Crippen molar-refractivity contribution in [2.75, 3.05) is 6.54 Å². The van der Waals surface area contributed by atoms with E-state index in [9.17, 15) is 9.18 Å². The van der Waals surface area contributed by atoms with Gasteiger partial charge in [0.15, 0.2) is 0 Å². The molecule has 1 amide bonds. The molecule has 0 radical (unpaired) electrons. The van der Waals surface area contributed by atoms with Gasteiger partial charge in [-0.3, -0.25) is 4.79 Å². The van der Waals surface area contributed by atoms with Crippen molar-refractivity contribution in [1.29, 1.82) is 0 Å². The van der Waals surface area contributed by atoms with E-state index in [1.54, 1.807) is 6.07 Å². The van der Waals surface area contributed by atoms with Gasteiger partial charge in [-0.25, -0.2) is 4.39 Å². The van der Waals surface area contributed by atoms with Crippen LogP contribution in [-0.4, -0.2) is 12.5 Å². The zero-order valence-corrected chi connectivity index (χ0v) is 16.0. The molecule has 0 aliphatic rings. The molecule has 3 N–H and O–H groups in total. The molecule has 2 rings (SSSR count). The summed E-state index contributed by atoms with van der Waals surface area (Å²) in [5.41, 5.74) is 8.27. The number of amides is 1. The summed E-state index contributed by atoms with van der Waals surface area (Å²) < 4.78 is 14.2. The van der Waals surface area contributed by atoms with Crippen molar-refractivity contribution in [3.8, 4) is 0 Å². The first-order valence-corrected chi connectivity index (χ1v) is 8.27. The smallest absolute Gasteiger partial charge is 0.255 e. The number of halogens is 3. The van der Waals surface area contributed by atoms with Crippen LogP contribution >= 0.6 is 28.3 Å². The Morgan fingerprint density at radius 3 is 2.29 bits per heavy atom. The van der Waals surface area contributed by atoms with Gasteiger partial charge in [0.05, 0.1) is 5.56 Å². The fourth-order valence-corrected chi connectivity index (χ4v) is 2.77. The second-order valence-corrected chi connectivity index (χ2v) is 6.59. The summed E-state index contributed by atoms with van der Waals surface area (Å²) in [7, 11) is 0. The molecule has 6 heteroatoms. The maximum absolute atomic E-state index is 13.7. The standard InChI is InChI=1S/C18H20BrFN2O.ClH/c1-11(2)12-6-8-13(9-7-12)16(21)10-22-18(23)17-14(19)4-3-5-15(17)20;/h3-9,11,16H,10,21H2,1-2H3,(H,22,23);1H. The highest BCUT2D eigenvalue weighted by molar-refractivity contribution is 9.10. The van der Waals surface area contributed by atoms with Crippen LogP contribution in [0.5, 0.6) is 0 Å². The Bertz CT molecular complexity index is 672. The first-order chi connectivity index (χ1) is 10.9. The van der Waals surface area contributed by atoms with Crippen LogP contribution in [0.15, 0.2) is 46.9 Å². The van der Waals surface area contributed by atoms with Crippen LogP contribution in [0, 0.1) is 5.82 Å². The van der Waals surface area contributed by atoms with E-state index in [1.165, 1.54) is 17.7 Å². The van der Waals surface area contributed by atoms with E-state index < -0.39 is 11.7 Å². The summed E-state index contributed by atoms with van der Waals surface area (Å²) in [4.78, 5) is 12.1. The molecule has 3 nitrogen and oxygen atoms in total. The lowest BCUT2D eigenvalue weighted by atomic mass is 9.99. The molecular weight excluding hydrogens is 395 g/mol. The highest BCUT2D eigenvalue weighted by Crippen LogP contribution is 2.20. The zero-order valence-electron chi connectivity index (χ0n) is 13.6. The van der Waals surface area contributed by atoms with Gasteiger partial charge in [0.25, 0.3) is 5.91 Å². The van der Waals surface area contributed by atoms with Gasteiger partial charge in [0.2, 0.25) is 0 Å². The van der Waals surface area contributed by atoms with Crippen LogP contribution in [0.2, 0.25) is 0 Å². The third kappa shape index (κ3) is 5.03. The molecule has 0 fully saturated rings. The van der Waals surface area contributed by atoms with Crippen LogP contribution in [0.4, 0.5) is 4.39 Å². The Balaban J connectivity index is 0.00000288. The Hall–Kier alpha value is -1.43. The summed E-state index contributed by atoms with van der Waals surface area (Å²) in [5, 5.41) is 2.68. The van der Waals surface area contributed by atoms with Gasteiger partial charge in [-0.15, -0.1) is 12.4 Å². The van der Waals surface area contributed by atoms with Crippen molar-refractivity contribution in [2.24, 2.45) is 5.73 Å². The van der Waals surface area contributed by atoms with E-state index in [-0.39, 0.29) is 30.6 Å². The minimum absolute atomic E-state index is 0. The first-order valence-electron chi connectivity index (χ1n) is 7.47. The molecule has 2 aromatic carbocycles. The van der Waals surface area contributed by atoms with E-state index in [0.717, 1.165) is 5.56 Å². The summed E-state index contributed by atoms with van der Waals surface area (Å²) in [6.07, 6.45) is 0. The van der Waals surface area contributed by atoms with Crippen LogP contribution in [0.3, 0.4) is 0 Å². The Morgan fingerprint density at radius 1 is 1.17 bits per heavy atom. The molecule has 2 aromatic rings. The average molecular weight is 416 g/mol. The van der Waals surface area contributed by atoms with Gasteiger partial charge < -0.3 is 11.1 Å². The predicted molar refractivity (Wildman–Crippen MR) is 101 cm³/mol. The molecule has 0 aliphatic heterocycles. The highest BCUT2D eigenvalue weighted by Gasteiger charge is 2.16. The van der Waals surface area contributed by atoms with Gasteiger partial charge in [-0.2, -0.15) is 0 Å². The minimum atomic E-state index is -0.563. The lowest BCUT2D eigenvalue weighted by Gasteiger charge is -2.15.